The summed E-state index contributed by atoms with van der Waals surface area (Å²) in [5, 5.41) is 8.49. The van der Waals surface area contributed by atoms with Crippen molar-refractivity contribution in [1.82, 2.24) is 4.98 Å². The Kier molecular flexibility index (Phi) is 3.78. The summed E-state index contributed by atoms with van der Waals surface area (Å²) >= 11 is 0. The van der Waals surface area contributed by atoms with Crippen molar-refractivity contribution in [2.75, 3.05) is 7.11 Å². The highest BCUT2D eigenvalue weighted by atomic mass is 19.4. The van der Waals surface area contributed by atoms with Crippen LogP contribution in [0.2, 0.25) is 0 Å². The first-order chi connectivity index (χ1) is 7.87. The zero-order valence-electron chi connectivity index (χ0n) is 9.13. The van der Waals surface area contributed by atoms with Crippen LogP contribution in [0, 0.1) is 18.3 Å². The van der Waals surface area contributed by atoms with Crippen LogP contribution in [0.3, 0.4) is 0 Å². The summed E-state index contributed by atoms with van der Waals surface area (Å²) in [6.45, 7) is 1.35. The molecule has 0 saturated carbocycles. The summed E-state index contributed by atoms with van der Waals surface area (Å²) in [7, 11) is 1.22. The quantitative estimate of drug-likeness (QED) is 0.821. The molecule has 92 valence electrons. The Morgan fingerprint density at radius 3 is 2.59 bits per heavy atom. The van der Waals surface area contributed by atoms with Crippen LogP contribution in [0.1, 0.15) is 11.4 Å². The lowest BCUT2D eigenvalue weighted by molar-refractivity contribution is -0.275. The van der Waals surface area contributed by atoms with Gasteiger partial charge in [0.05, 0.1) is 31.0 Å². The summed E-state index contributed by atoms with van der Waals surface area (Å²) in [4.78, 5) is 3.83. The van der Waals surface area contributed by atoms with Gasteiger partial charge in [-0.15, -0.1) is 13.2 Å². The van der Waals surface area contributed by atoms with E-state index in [1.807, 2.05) is 6.07 Å². The summed E-state index contributed by atoms with van der Waals surface area (Å²) in [5.74, 6) is -0.582. The maximum absolute atomic E-state index is 12.1. The highest BCUT2D eigenvalue weighted by Crippen LogP contribution is 2.34. The van der Waals surface area contributed by atoms with E-state index < -0.39 is 12.1 Å². The van der Waals surface area contributed by atoms with E-state index in [1.165, 1.54) is 20.1 Å². The minimum Gasteiger partial charge on any atom is -0.493 e. The SMILES string of the molecule is COc1cc(CC#N)nc(C)c1OC(F)(F)F. The maximum atomic E-state index is 12.1. The first-order valence-corrected chi connectivity index (χ1v) is 4.54. The Bertz CT molecular complexity index is 452. The number of nitriles is 1. The molecule has 0 saturated heterocycles. The van der Waals surface area contributed by atoms with Crippen LogP contribution in [0.4, 0.5) is 13.2 Å². The fraction of sp³-hybridized carbons (Fsp3) is 0.400. The molecule has 17 heavy (non-hydrogen) atoms. The number of nitrogens with zero attached hydrogens (tertiary/aromatic N) is 2. The van der Waals surface area contributed by atoms with Crippen LogP contribution in [0.15, 0.2) is 6.07 Å². The third-order valence-corrected chi connectivity index (χ3v) is 1.86. The van der Waals surface area contributed by atoms with E-state index >= 15 is 0 Å². The van der Waals surface area contributed by atoms with Gasteiger partial charge in [0, 0.05) is 6.07 Å². The van der Waals surface area contributed by atoms with E-state index in [0.29, 0.717) is 5.69 Å². The minimum atomic E-state index is -4.81. The molecule has 0 unspecified atom stereocenters. The van der Waals surface area contributed by atoms with Gasteiger partial charge in [0.15, 0.2) is 11.5 Å². The Balaban J connectivity index is 3.17. The van der Waals surface area contributed by atoms with E-state index in [9.17, 15) is 13.2 Å². The summed E-state index contributed by atoms with van der Waals surface area (Å²) in [6.07, 6.45) is -4.82. The van der Waals surface area contributed by atoms with Gasteiger partial charge in [-0.2, -0.15) is 5.26 Å². The second-order valence-electron chi connectivity index (χ2n) is 3.11. The Morgan fingerprint density at radius 1 is 1.47 bits per heavy atom. The first-order valence-electron chi connectivity index (χ1n) is 4.54. The highest BCUT2D eigenvalue weighted by Gasteiger charge is 2.33. The van der Waals surface area contributed by atoms with Crippen molar-refractivity contribution in [2.45, 2.75) is 19.7 Å². The molecule has 0 aliphatic heterocycles. The van der Waals surface area contributed by atoms with Gasteiger partial charge >= 0.3 is 6.36 Å². The van der Waals surface area contributed by atoms with E-state index in [4.69, 9.17) is 10.00 Å². The number of pyridine rings is 1. The molecule has 0 N–H and O–H groups in total. The second kappa shape index (κ2) is 4.91. The molecule has 1 rings (SSSR count). The summed E-state index contributed by atoms with van der Waals surface area (Å²) in [6, 6.07) is 3.10. The van der Waals surface area contributed by atoms with Gasteiger partial charge in [-0.05, 0) is 6.92 Å². The first kappa shape index (κ1) is 13.1. The average molecular weight is 246 g/mol. The van der Waals surface area contributed by atoms with Gasteiger partial charge in [-0.25, -0.2) is 0 Å². The monoisotopic (exact) mass is 246 g/mol. The normalized spacial score (nSPS) is 10.8. The second-order valence-corrected chi connectivity index (χ2v) is 3.11. The van der Waals surface area contributed by atoms with Crippen LogP contribution in [-0.2, 0) is 6.42 Å². The van der Waals surface area contributed by atoms with Crippen molar-refractivity contribution in [1.29, 1.82) is 5.26 Å². The predicted molar refractivity (Wildman–Crippen MR) is 51.5 cm³/mol. The molecule has 1 heterocycles. The van der Waals surface area contributed by atoms with Crippen molar-refractivity contribution in [2.24, 2.45) is 0 Å². The van der Waals surface area contributed by atoms with Gasteiger partial charge < -0.3 is 9.47 Å². The number of aryl methyl sites for hydroxylation is 1. The molecule has 0 amide bonds. The molecule has 0 atom stereocenters. The molecule has 0 bridgehead atoms. The molecule has 0 spiro atoms. The molecule has 4 nitrogen and oxygen atoms in total. The number of hydrogen-bond acceptors (Lipinski definition) is 4. The third kappa shape index (κ3) is 3.52. The van der Waals surface area contributed by atoms with Crippen molar-refractivity contribution in [3.05, 3.63) is 17.5 Å². The van der Waals surface area contributed by atoms with Gasteiger partial charge in [-0.3, -0.25) is 4.98 Å². The standard InChI is InChI=1S/C10H9F3N2O2/c1-6-9(17-10(11,12)13)8(16-2)5-7(15-6)3-4-14/h5H,3H2,1-2H3. The third-order valence-electron chi connectivity index (χ3n) is 1.86. The number of rotatable bonds is 3. The van der Waals surface area contributed by atoms with Gasteiger partial charge in [0.1, 0.15) is 0 Å². The number of ether oxygens (including phenoxy) is 2. The molecule has 0 aliphatic rings. The molecule has 7 heteroatoms. The zero-order chi connectivity index (χ0) is 13.1. The summed E-state index contributed by atoms with van der Waals surface area (Å²) in [5.41, 5.74) is 0.350. The molecular formula is C10H9F3N2O2. The van der Waals surface area contributed by atoms with Gasteiger partial charge in [-0.1, -0.05) is 0 Å². The van der Waals surface area contributed by atoms with Crippen LogP contribution in [0.25, 0.3) is 0 Å². The van der Waals surface area contributed by atoms with Gasteiger partial charge in [0.2, 0.25) is 0 Å². The van der Waals surface area contributed by atoms with E-state index in [1.54, 1.807) is 0 Å². The van der Waals surface area contributed by atoms with Gasteiger partial charge in [0.25, 0.3) is 0 Å². The molecule has 0 aliphatic carbocycles. The van der Waals surface area contributed by atoms with E-state index in [-0.39, 0.29) is 17.9 Å². The molecule has 0 fully saturated rings. The molecule has 0 radical (unpaired) electrons. The number of halogens is 3. The Morgan fingerprint density at radius 2 is 2.12 bits per heavy atom. The van der Waals surface area contributed by atoms with Crippen LogP contribution >= 0.6 is 0 Å². The predicted octanol–water partition coefficient (Wildman–Crippen LogP) is 2.36. The fourth-order valence-electron chi connectivity index (χ4n) is 1.26. The average Bonchev–Trinajstić information content (AvgIpc) is 2.20. The molecular weight excluding hydrogens is 237 g/mol. The van der Waals surface area contributed by atoms with Crippen LogP contribution in [0.5, 0.6) is 11.5 Å². The van der Waals surface area contributed by atoms with E-state index in [0.717, 1.165) is 0 Å². The zero-order valence-corrected chi connectivity index (χ0v) is 9.13. The number of hydrogen-bond donors (Lipinski definition) is 0. The number of aromatic nitrogens is 1. The Hall–Kier alpha value is -1.97. The van der Waals surface area contributed by atoms with E-state index in [2.05, 4.69) is 9.72 Å². The molecule has 1 aromatic heterocycles. The van der Waals surface area contributed by atoms with Crippen molar-refractivity contribution < 1.29 is 22.6 Å². The van der Waals surface area contributed by atoms with Crippen LogP contribution < -0.4 is 9.47 Å². The van der Waals surface area contributed by atoms with Crippen molar-refractivity contribution >= 4 is 0 Å². The fourth-order valence-corrected chi connectivity index (χ4v) is 1.26. The maximum Gasteiger partial charge on any atom is 0.573 e. The largest absolute Gasteiger partial charge is 0.573 e. The highest BCUT2D eigenvalue weighted by molar-refractivity contribution is 5.44. The van der Waals surface area contributed by atoms with Crippen LogP contribution in [-0.4, -0.2) is 18.5 Å². The smallest absolute Gasteiger partial charge is 0.493 e. The lowest BCUT2D eigenvalue weighted by Gasteiger charge is -2.14. The Labute approximate surface area is 95.6 Å². The lowest BCUT2D eigenvalue weighted by Crippen LogP contribution is -2.19. The van der Waals surface area contributed by atoms with Crippen molar-refractivity contribution in [3.63, 3.8) is 0 Å². The number of alkyl halides is 3. The van der Waals surface area contributed by atoms with Crippen molar-refractivity contribution in [3.8, 4) is 17.6 Å². The lowest BCUT2D eigenvalue weighted by atomic mass is 10.2. The number of methoxy groups -OCH3 is 1. The molecule has 1 aromatic rings. The molecule has 0 aromatic carbocycles. The summed E-state index contributed by atoms with van der Waals surface area (Å²) < 4.78 is 45.0. The topological polar surface area (TPSA) is 55.1 Å². The minimum absolute atomic E-state index is 0.0104.